The van der Waals surface area contributed by atoms with Gasteiger partial charge in [0.1, 0.15) is 17.6 Å². The third-order valence-corrected chi connectivity index (χ3v) is 5.70. The molecule has 1 atom stereocenters. The summed E-state index contributed by atoms with van der Waals surface area (Å²) in [5.74, 6) is -1.14. The van der Waals surface area contributed by atoms with Crippen molar-refractivity contribution in [3.8, 4) is 0 Å². The lowest BCUT2D eigenvalue weighted by molar-refractivity contribution is -0.140. The van der Waals surface area contributed by atoms with Crippen LogP contribution in [0.5, 0.6) is 0 Å². The zero-order valence-corrected chi connectivity index (χ0v) is 17.2. The second kappa shape index (κ2) is 9.04. The molecule has 2 aliphatic heterocycles. The lowest BCUT2D eigenvalue weighted by Gasteiger charge is -2.28. The van der Waals surface area contributed by atoms with E-state index in [1.54, 1.807) is 36.4 Å². The summed E-state index contributed by atoms with van der Waals surface area (Å²) >= 11 is 5.93. The molecule has 0 bridgehead atoms. The van der Waals surface area contributed by atoms with Crippen LogP contribution in [0.3, 0.4) is 0 Å². The Bertz CT molecular complexity index is 933. The van der Waals surface area contributed by atoms with Crippen LogP contribution < -0.4 is 0 Å². The molecular formula is C22H23ClN2O5. The van der Waals surface area contributed by atoms with Gasteiger partial charge in [-0.2, -0.15) is 0 Å². The Balaban J connectivity index is 1.61. The Labute approximate surface area is 179 Å². The van der Waals surface area contributed by atoms with E-state index < -0.39 is 17.7 Å². The lowest BCUT2D eigenvalue weighted by Crippen LogP contribution is -2.38. The van der Waals surface area contributed by atoms with Crippen molar-refractivity contribution in [1.82, 2.24) is 9.80 Å². The second-order valence-corrected chi connectivity index (χ2v) is 7.76. The van der Waals surface area contributed by atoms with Gasteiger partial charge in [-0.1, -0.05) is 11.6 Å². The maximum absolute atomic E-state index is 12.9. The summed E-state index contributed by atoms with van der Waals surface area (Å²) in [5.41, 5.74) is 0.450. The highest BCUT2D eigenvalue weighted by molar-refractivity contribution is 6.46. The molecule has 7 nitrogen and oxygen atoms in total. The van der Waals surface area contributed by atoms with Gasteiger partial charge in [0.05, 0.1) is 25.1 Å². The largest absolute Gasteiger partial charge is 0.507 e. The zero-order chi connectivity index (χ0) is 21.1. The van der Waals surface area contributed by atoms with Crippen molar-refractivity contribution in [2.75, 3.05) is 39.4 Å². The Morgan fingerprint density at radius 1 is 1.10 bits per heavy atom. The zero-order valence-electron chi connectivity index (χ0n) is 16.4. The van der Waals surface area contributed by atoms with Crippen LogP contribution in [0.25, 0.3) is 5.76 Å². The highest BCUT2D eigenvalue weighted by Crippen LogP contribution is 2.39. The number of rotatable bonds is 6. The normalized spacial score (nSPS) is 22.0. The number of carbonyl (C=O) groups is 2. The fraction of sp³-hybridized carbons (Fsp3) is 0.364. The maximum atomic E-state index is 12.9. The number of hydrogen-bond acceptors (Lipinski definition) is 6. The molecule has 2 fully saturated rings. The molecule has 4 rings (SSSR count). The number of aliphatic hydroxyl groups excluding tert-OH is 1. The van der Waals surface area contributed by atoms with Gasteiger partial charge in [-0.15, -0.1) is 0 Å². The van der Waals surface area contributed by atoms with Crippen LogP contribution in [0.1, 0.15) is 23.8 Å². The SMILES string of the molecule is O=C1C(=O)N(CCCN2CCOCC2)[C@@H](c2ccco2)/C1=C(\O)c1ccc(Cl)cc1. The molecule has 1 amide bonds. The highest BCUT2D eigenvalue weighted by Gasteiger charge is 2.47. The number of hydrogen-bond donors (Lipinski definition) is 1. The van der Waals surface area contributed by atoms with Crippen molar-refractivity contribution in [2.45, 2.75) is 12.5 Å². The topological polar surface area (TPSA) is 83.2 Å². The van der Waals surface area contributed by atoms with E-state index in [9.17, 15) is 14.7 Å². The third kappa shape index (κ3) is 4.14. The minimum atomic E-state index is -0.764. The average Bonchev–Trinajstić information content (AvgIpc) is 3.37. The van der Waals surface area contributed by atoms with E-state index in [0.29, 0.717) is 42.5 Å². The van der Waals surface area contributed by atoms with E-state index in [2.05, 4.69) is 4.90 Å². The van der Waals surface area contributed by atoms with Gasteiger partial charge >= 0.3 is 0 Å². The van der Waals surface area contributed by atoms with Crippen molar-refractivity contribution in [2.24, 2.45) is 0 Å². The number of Topliss-reactive ketones (excluding diaryl/α,β-unsaturated/α-hetero) is 1. The summed E-state index contributed by atoms with van der Waals surface area (Å²) in [6, 6.07) is 9.12. The van der Waals surface area contributed by atoms with E-state index in [1.807, 2.05) is 0 Å². The average molecular weight is 431 g/mol. The number of morpholine rings is 1. The molecule has 0 spiro atoms. The molecule has 0 unspecified atom stereocenters. The number of likely N-dealkylation sites (tertiary alicyclic amines) is 1. The van der Waals surface area contributed by atoms with E-state index in [4.69, 9.17) is 20.8 Å². The molecule has 0 saturated carbocycles. The molecule has 1 aromatic heterocycles. The number of benzene rings is 1. The van der Waals surface area contributed by atoms with Crippen LogP contribution in [0.2, 0.25) is 5.02 Å². The maximum Gasteiger partial charge on any atom is 0.295 e. The van der Waals surface area contributed by atoms with Crippen LogP contribution in [0.4, 0.5) is 0 Å². The van der Waals surface area contributed by atoms with E-state index in [0.717, 1.165) is 19.6 Å². The van der Waals surface area contributed by atoms with E-state index in [-0.39, 0.29) is 11.3 Å². The summed E-state index contributed by atoms with van der Waals surface area (Å²) in [6.45, 7) is 4.31. The fourth-order valence-electron chi connectivity index (χ4n) is 3.91. The first-order valence-electron chi connectivity index (χ1n) is 9.94. The number of carbonyl (C=O) groups excluding carboxylic acids is 2. The molecule has 2 saturated heterocycles. The standard InChI is InChI=1S/C22H23ClN2O5/c23-16-6-4-15(5-7-16)20(26)18-19(17-3-1-12-30-17)25(22(28)21(18)27)9-2-8-24-10-13-29-14-11-24/h1,3-7,12,19,26H,2,8-11,13-14H2/b20-18+/t19-/m0/s1. The first-order valence-corrected chi connectivity index (χ1v) is 10.3. The number of aliphatic hydroxyl groups is 1. The molecule has 0 aliphatic carbocycles. The summed E-state index contributed by atoms with van der Waals surface area (Å²) < 4.78 is 10.9. The molecular weight excluding hydrogens is 408 g/mol. The van der Waals surface area contributed by atoms with Crippen molar-refractivity contribution in [3.63, 3.8) is 0 Å². The Morgan fingerprint density at radius 2 is 1.83 bits per heavy atom. The predicted octanol–water partition coefficient (Wildman–Crippen LogP) is 3.08. The van der Waals surface area contributed by atoms with Crippen LogP contribution in [-0.4, -0.2) is 66.0 Å². The molecule has 2 aromatic rings. The van der Waals surface area contributed by atoms with Crippen LogP contribution in [-0.2, 0) is 14.3 Å². The number of halogens is 1. The molecule has 0 radical (unpaired) electrons. The Morgan fingerprint density at radius 3 is 2.50 bits per heavy atom. The van der Waals surface area contributed by atoms with Crippen LogP contribution in [0, 0.1) is 0 Å². The van der Waals surface area contributed by atoms with Gasteiger partial charge < -0.3 is 19.2 Å². The third-order valence-electron chi connectivity index (χ3n) is 5.45. The van der Waals surface area contributed by atoms with Gasteiger partial charge in [-0.3, -0.25) is 14.5 Å². The Hall–Kier alpha value is -2.61. The van der Waals surface area contributed by atoms with Crippen molar-refractivity contribution >= 4 is 29.1 Å². The van der Waals surface area contributed by atoms with Crippen molar-refractivity contribution in [3.05, 3.63) is 64.6 Å². The monoisotopic (exact) mass is 430 g/mol. The quantitative estimate of drug-likeness (QED) is 0.431. The summed E-state index contributed by atoms with van der Waals surface area (Å²) in [6.07, 6.45) is 2.19. The van der Waals surface area contributed by atoms with Crippen molar-refractivity contribution < 1.29 is 23.8 Å². The molecule has 158 valence electrons. The Kier molecular flexibility index (Phi) is 6.22. The highest BCUT2D eigenvalue weighted by atomic mass is 35.5. The van der Waals surface area contributed by atoms with Gasteiger partial charge in [0.15, 0.2) is 0 Å². The predicted molar refractivity (Wildman–Crippen MR) is 111 cm³/mol. The van der Waals surface area contributed by atoms with Crippen LogP contribution >= 0.6 is 11.6 Å². The van der Waals surface area contributed by atoms with Gasteiger partial charge in [0, 0.05) is 36.8 Å². The smallest absolute Gasteiger partial charge is 0.295 e. The first kappa shape index (κ1) is 20.7. The number of nitrogens with zero attached hydrogens (tertiary/aromatic N) is 2. The minimum absolute atomic E-state index is 0.0312. The van der Waals surface area contributed by atoms with Crippen molar-refractivity contribution in [1.29, 1.82) is 0 Å². The number of ketones is 1. The second-order valence-electron chi connectivity index (χ2n) is 7.32. The molecule has 30 heavy (non-hydrogen) atoms. The van der Waals surface area contributed by atoms with Gasteiger partial charge in [-0.25, -0.2) is 0 Å². The summed E-state index contributed by atoms with van der Waals surface area (Å²) in [4.78, 5) is 29.5. The number of amides is 1. The minimum Gasteiger partial charge on any atom is -0.507 e. The molecule has 8 heteroatoms. The van der Waals surface area contributed by atoms with Crippen LogP contribution in [0.15, 0.2) is 52.7 Å². The first-order chi connectivity index (χ1) is 14.6. The fourth-order valence-corrected chi connectivity index (χ4v) is 4.03. The van der Waals surface area contributed by atoms with Gasteiger partial charge in [0.2, 0.25) is 0 Å². The van der Waals surface area contributed by atoms with Gasteiger partial charge in [0.25, 0.3) is 11.7 Å². The van der Waals surface area contributed by atoms with E-state index >= 15 is 0 Å². The molecule has 1 N–H and O–H groups in total. The number of furan rings is 1. The summed E-state index contributed by atoms with van der Waals surface area (Å²) in [7, 11) is 0. The van der Waals surface area contributed by atoms with Gasteiger partial charge in [-0.05, 0) is 42.8 Å². The molecule has 3 heterocycles. The lowest BCUT2D eigenvalue weighted by atomic mass is 9.99. The molecule has 1 aromatic carbocycles. The number of ether oxygens (including phenoxy) is 1. The van der Waals surface area contributed by atoms with E-state index in [1.165, 1.54) is 11.2 Å². The molecule has 2 aliphatic rings. The summed E-state index contributed by atoms with van der Waals surface area (Å²) in [5, 5.41) is 11.4.